The molecular weight excluding hydrogens is 323 g/mol. The number of carbonyl (C=O) groups excluding carboxylic acids is 2. The van der Waals surface area contributed by atoms with Crippen LogP contribution in [0.5, 0.6) is 0 Å². The van der Waals surface area contributed by atoms with Crippen molar-refractivity contribution in [2.24, 2.45) is 5.73 Å². The van der Waals surface area contributed by atoms with Crippen molar-refractivity contribution in [2.75, 3.05) is 18.5 Å². The van der Waals surface area contributed by atoms with Gasteiger partial charge >= 0.3 is 0 Å². The Hall–Kier alpha value is -2.80. The number of aromatic nitrogens is 1. The minimum atomic E-state index is -0.631. The van der Waals surface area contributed by atoms with Crippen molar-refractivity contribution >= 4 is 17.5 Å². The molecule has 1 aromatic heterocycles. The SMILES string of the molecule is CN(C(=O)c1cncc(CN)c1)C1CCN(c2ccccc2F)C1=O. The van der Waals surface area contributed by atoms with Gasteiger partial charge in [0.1, 0.15) is 11.9 Å². The number of para-hydroxylation sites is 1. The molecule has 25 heavy (non-hydrogen) atoms. The molecule has 3 rings (SSSR count). The zero-order valence-electron chi connectivity index (χ0n) is 13.9. The van der Waals surface area contributed by atoms with E-state index >= 15 is 0 Å². The quantitative estimate of drug-likeness (QED) is 0.914. The molecule has 1 aliphatic heterocycles. The lowest BCUT2D eigenvalue weighted by Gasteiger charge is -2.24. The third-order valence-corrected chi connectivity index (χ3v) is 4.39. The highest BCUT2D eigenvalue weighted by Gasteiger charge is 2.38. The second kappa shape index (κ2) is 6.98. The number of likely N-dealkylation sites (N-methyl/N-ethyl adjacent to an activating group) is 1. The molecule has 1 atom stereocenters. The molecule has 1 fully saturated rings. The number of nitrogens with zero attached hydrogens (tertiary/aromatic N) is 3. The molecule has 7 heteroatoms. The molecule has 1 unspecified atom stereocenters. The smallest absolute Gasteiger partial charge is 0.255 e. The van der Waals surface area contributed by atoms with Crippen molar-refractivity contribution in [2.45, 2.75) is 19.0 Å². The Balaban J connectivity index is 1.79. The van der Waals surface area contributed by atoms with E-state index in [1.807, 2.05) is 0 Å². The van der Waals surface area contributed by atoms with Crippen LogP contribution in [0.25, 0.3) is 0 Å². The summed E-state index contributed by atoms with van der Waals surface area (Å²) in [5.74, 6) is -1.05. The van der Waals surface area contributed by atoms with Crippen molar-refractivity contribution < 1.29 is 14.0 Å². The third kappa shape index (κ3) is 3.23. The van der Waals surface area contributed by atoms with Crippen molar-refractivity contribution in [3.63, 3.8) is 0 Å². The first-order valence-corrected chi connectivity index (χ1v) is 8.00. The van der Waals surface area contributed by atoms with Crippen LogP contribution in [0.2, 0.25) is 0 Å². The molecule has 6 nitrogen and oxygen atoms in total. The number of hydrogen-bond donors (Lipinski definition) is 1. The maximum atomic E-state index is 14.0. The molecule has 0 aliphatic carbocycles. The Bertz CT molecular complexity index is 811. The van der Waals surface area contributed by atoms with Gasteiger partial charge in [-0.1, -0.05) is 12.1 Å². The van der Waals surface area contributed by atoms with Crippen LogP contribution >= 0.6 is 0 Å². The predicted molar refractivity (Wildman–Crippen MR) is 91.4 cm³/mol. The molecule has 1 aliphatic rings. The van der Waals surface area contributed by atoms with Crippen LogP contribution in [0.4, 0.5) is 10.1 Å². The van der Waals surface area contributed by atoms with E-state index in [9.17, 15) is 14.0 Å². The Morgan fingerprint density at radius 2 is 2.16 bits per heavy atom. The van der Waals surface area contributed by atoms with E-state index in [-0.39, 0.29) is 24.0 Å². The van der Waals surface area contributed by atoms with Crippen molar-refractivity contribution in [1.82, 2.24) is 9.88 Å². The molecular formula is C18H19FN4O2. The number of anilines is 1. The molecule has 0 bridgehead atoms. The average molecular weight is 342 g/mol. The van der Waals surface area contributed by atoms with Gasteiger partial charge in [-0.3, -0.25) is 14.6 Å². The van der Waals surface area contributed by atoms with Crippen molar-refractivity contribution in [3.05, 3.63) is 59.7 Å². The monoisotopic (exact) mass is 342 g/mol. The zero-order chi connectivity index (χ0) is 18.0. The van der Waals surface area contributed by atoms with Gasteiger partial charge in [-0.05, 0) is 30.2 Å². The summed E-state index contributed by atoms with van der Waals surface area (Å²) in [5.41, 5.74) is 6.93. The highest BCUT2D eigenvalue weighted by molar-refractivity contribution is 6.03. The van der Waals surface area contributed by atoms with Gasteiger partial charge in [0.15, 0.2) is 0 Å². The summed E-state index contributed by atoms with van der Waals surface area (Å²) in [4.78, 5) is 32.1. The number of amides is 2. The number of pyridine rings is 1. The van der Waals surface area contributed by atoms with Crippen LogP contribution < -0.4 is 10.6 Å². The normalized spacial score (nSPS) is 17.0. The minimum absolute atomic E-state index is 0.239. The summed E-state index contributed by atoms with van der Waals surface area (Å²) in [6, 6.07) is 7.16. The number of nitrogens with two attached hydrogens (primary N) is 1. The summed E-state index contributed by atoms with van der Waals surface area (Å²) in [7, 11) is 1.57. The molecule has 1 aromatic carbocycles. The van der Waals surface area contributed by atoms with Gasteiger partial charge in [0.25, 0.3) is 5.91 Å². The van der Waals surface area contributed by atoms with E-state index in [4.69, 9.17) is 5.73 Å². The van der Waals surface area contributed by atoms with Gasteiger partial charge in [-0.2, -0.15) is 0 Å². The Morgan fingerprint density at radius 1 is 1.40 bits per heavy atom. The molecule has 1 saturated heterocycles. The van der Waals surface area contributed by atoms with E-state index in [0.29, 0.717) is 18.5 Å². The van der Waals surface area contributed by atoms with E-state index in [0.717, 1.165) is 5.56 Å². The number of rotatable bonds is 4. The summed E-state index contributed by atoms with van der Waals surface area (Å²) in [6.07, 6.45) is 3.49. The molecule has 2 heterocycles. The van der Waals surface area contributed by atoms with Crippen LogP contribution in [0.3, 0.4) is 0 Å². The van der Waals surface area contributed by atoms with Crippen molar-refractivity contribution in [3.8, 4) is 0 Å². The van der Waals surface area contributed by atoms with E-state index < -0.39 is 11.9 Å². The highest BCUT2D eigenvalue weighted by Crippen LogP contribution is 2.26. The van der Waals surface area contributed by atoms with Crippen LogP contribution in [0, 0.1) is 5.82 Å². The lowest BCUT2D eigenvalue weighted by molar-refractivity contribution is -0.120. The highest BCUT2D eigenvalue weighted by atomic mass is 19.1. The van der Waals surface area contributed by atoms with E-state index in [2.05, 4.69) is 4.98 Å². The summed E-state index contributed by atoms with van der Waals surface area (Å²) >= 11 is 0. The first kappa shape index (κ1) is 17.0. The largest absolute Gasteiger partial charge is 0.330 e. The maximum absolute atomic E-state index is 14.0. The number of carbonyl (C=O) groups is 2. The molecule has 2 amide bonds. The number of benzene rings is 1. The van der Waals surface area contributed by atoms with Gasteiger partial charge in [-0.15, -0.1) is 0 Å². The van der Waals surface area contributed by atoms with Crippen LogP contribution in [0.1, 0.15) is 22.3 Å². The van der Waals surface area contributed by atoms with E-state index in [1.54, 1.807) is 37.5 Å². The second-order valence-electron chi connectivity index (χ2n) is 5.95. The van der Waals surface area contributed by atoms with Gasteiger partial charge in [0.05, 0.1) is 11.3 Å². The molecule has 130 valence electrons. The summed E-state index contributed by atoms with van der Waals surface area (Å²) < 4.78 is 14.0. The Morgan fingerprint density at radius 3 is 2.88 bits per heavy atom. The Labute approximate surface area is 145 Å². The first-order valence-electron chi connectivity index (χ1n) is 8.00. The zero-order valence-corrected chi connectivity index (χ0v) is 13.9. The molecule has 2 N–H and O–H groups in total. The van der Waals surface area contributed by atoms with Crippen molar-refractivity contribution in [1.29, 1.82) is 0 Å². The van der Waals surface area contributed by atoms with Gasteiger partial charge in [0, 0.05) is 32.5 Å². The first-order chi connectivity index (χ1) is 12.0. The predicted octanol–water partition coefficient (Wildman–Crippen LogP) is 1.56. The summed E-state index contributed by atoms with van der Waals surface area (Å²) in [6.45, 7) is 0.643. The lowest BCUT2D eigenvalue weighted by Crippen LogP contribution is -2.43. The number of hydrogen-bond acceptors (Lipinski definition) is 4. The molecule has 0 saturated carbocycles. The standard InChI is InChI=1S/C18H19FN4O2/c1-22(17(24)13-8-12(9-20)10-21-11-13)16-6-7-23(18(16)25)15-5-3-2-4-14(15)19/h2-5,8,10-11,16H,6-7,9,20H2,1H3. The fraction of sp³-hybridized carbons (Fsp3) is 0.278. The fourth-order valence-corrected chi connectivity index (χ4v) is 3.00. The maximum Gasteiger partial charge on any atom is 0.255 e. The second-order valence-corrected chi connectivity index (χ2v) is 5.95. The van der Waals surface area contributed by atoms with Crippen LogP contribution in [-0.2, 0) is 11.3 Å². The Kier molecular flexibility index (Phi) is 4.76. The average Bonchev–Trinajstić information content (AvgIpc) is 3.02. The molecule has 0 spiro atoms. The minimum Gasteiger partial charge on any atom is -0.330 e. The van der Waals surface area contributed by atoms with Crippen LogP contribution in [0.15, 0.2) is 42.7 Å². The van der Waals surface area contributed by atoms with Gasteiger partial charge in [-0.25, -0.2) is 4.39 Å². The molecule has 0 radical (unpaired) electrons. The van der Waals surface area contributed by atoms with E-state index in [1.165, 1.54) is 22.1 Å². The van der Waals surface area contributed by atoms with Gasteiger partial charge in [0.2, 0.25) is 5.91 Å². The van der Waals surface area contributed by atoms with Crippen LogP contribution in [-0.4, -0.2) is 41.3 Å². The van der Waals surface area contributed by atoms with Gasteiger partial charge < -0.3 is 15.5 Å². The lowest BCUT2D eigenvalue weighted by atomic mass is 10.1. The summed E-state index contributed by atoms with van der Waals surface area (Å²) in [5, 5.41) is 0. The molecule has 2 aromatic rings. The fourth-order valence-electron chi connectivity index (χ4n) is 3.00. The topological polar surface area (TPSA) is 79.5 Å². The third-order valence-electron chi connectivity index (χ3n) is 4.39. The number of halogens is 1.